The summed E-state index contributed by atoms with van der Waals surface area (Å²) in [5.74, 6) is 1.32. The predicted octanol–water partition coefficient (Wildman–Crippen LogP) is 1.88. The monoisotopic (exact) mass is 381 g/mol. The first kappa shape index (κ1) is 18.2. The second-order valence-corrected chi connectivity index (χ2v) is 7.63. The summed E-state index contributed by atoms with van der Waals surface area (Å²) in [4.78, 5) is 25.8. The molecule has 4 rings (SSSR count). The molecular formula is C20H23N5O3. The Bertz CT molecular complexity index is 970. The Morgan fingerprint density at radius 1 is 1.32 bits per heavy atom. The van der Waals surface area contributed by atoms with Gasteiger partial charge < -0.3 is 20.6 Å². The minimum atomic E-state index is -0.566. The van der Waals surface area contributed by atoms with E-state index in [0.29, 0.717) is 25.4 Å². The second-order valence-electron chi connectivity index (χ2n) is 7.63. The Hall–Kier alpha value is -3.16. The van der Waals surface area contributed by atoms with Crippen LogP contribution >= 0.6 is 0 Å². The normalized spacial score (nSPS) is 21.0. The van der Waals surface area contributed by atoms with Crippen LogP contribution in [0.25, 0.3) is 11.3 Å². The van der Waals surface area contributed by atoms with Crippen LogP contribution in [-0.2, 0) is 15.0 Å². The van der Waals surface area contributed by atoms with Gasteiger partial charge in [0.15, 0.2) is 0 Å². The lowest BCUT2D eigenvalue weighted by Crippen LogP contribution is -2.36. The maximum Gasteiger partial charge on any atom is 0.220 e. The van der Waals surface area contributed by atoms with Crippen molar-refractivity contribution in [2.75, 3.05) is 26.0 Å². The molecule has 1 fully saturated rings. The summed E-state index contributed by atoms with van der Waals surface area (Å²) in [5.41, 5.74) is 9.79. The fraction of sp³-hybridized carbons (Fsp3) is 0.400. The van der Waals surface area contributed by atoms with E-state index in [1.807, 2.05) is 32.0 Å². The van der Waals surface area contributed by atoms with Gasteiger partial charge in [0.2, 0.25) is 5.91 Å². The molecule has 0 radical (unpaired) electrons. The van der Waals surface area contributed by atoms with Gasteiger partial charge in [-0.2, -0.15) is 0 Å². The fourth-order valence-electron chi connectivity index (χ4n) is 3.88. The van der Waals surface area contributed by atoms with E-state index in [2.05, 4.69) is 20.4 Å². The van der Waals surface area contributed by atoms with Crippen molar-refractivity contribution in [3.8, 4) is 17.0 Å². The number of hydrogen-bond donors (Lipinski definition) is 2. The van der Waals surface area contributed by atoms with E-state index in [4.69, 9.17) is 15.3 Å². The average Bonchev–Trinajstić information content (AvgIpc) is 3.08. The molecule has 1 aliphatic carbocycles. The van der Waals surface area contributed by atoms with Crippen LogP contribution in [0.2, 0.25) is 0 Å². The van der Waals surface area contributed by atoms with Gasteiger partial charge in [-0.3, -0.25) is 4.79 Å². The van der Waals surface area contributed by atoms with E-state index in [-0.39, 0.29) is 11.8 Å². The van der Waals surface area contributed by atoms with E-state index in [1.165, 1.54) is 6.33 Å². The Morgan fingerprint density at radius 2 is 2.14 bits per heavy atom. The van der Waals surface area contributed by atoms with E-state index in [0.717, 1.165) is 33.8 Å². The van der Waals surface area contributed by atoms with Crippen molar-refractivity contribution < 1.29 is 14.4 Å². The van der Waals surface area contributed by atoms with Crippen LogP contribution < -0.4 is 15.8 Å². The summed E-state index contributed by atoms with van der Waals surface area (Å²) < 4.78 is 5.41. The molecule has 2 aromatic rings. The summed E-state index contributed by atoms with van der Waals surface area (Å²) in [6, 6.07) is 5.76. The number of methoxy groups -OCH3 is 1. The van der Waals surface area contributed by atoms with Gasteiger partial charge in [-0.05, 0) is 32.0 Å². The number of hydrogen-bond acceptors (Lipinski definition) is 7. The van der Waals surface area contributed by atoms with Gasteiger partial charge in [-0.15, -0.1) is 0 Å². The number of nitrogens with one attached hydrogen (secondary N) is 1. The summed E-state index contributed by atoms with van der Waals surface area (Å²) in [6.45, 7) is 5.03. The van der Waals surface area contributed by atoms with Crippen LogP contribution in [0.4, 0.5) is 5.82 Å². The number of nitrogen functional groups attached to an aromatic ring is 1. The largest absolute Gasteiger partial charge is 0.497 e. The molecule has 28 heavy (non-hydrogen) atoms. The molecule has 0 saturated carbocycles. The molecule has 1 aliphatic heterocycles. The van der Waals surface area contributed by atoms with Gasteiger partial charge in [0.05, 0.1) is 18.5 Å². The molecule has 8 nitrogen and oxygen atoms in total. The molecule has 0 unspecified atom stereocenters. The van der Waals surface area contributed by atoms with E-state index in [9.17, 15) is 4.79 Å². The Kier molecular flexibility index (Phi) is 4.41. The van der Waals surface area contributed by atoms with Crippen molar-refractivity contribution in [3.63, 3.8) is 0 Å². The number of aromatic nitrogens is 2. The molecule has 2 aliphatic rings. The Labute approximate surface area is 163 Å². The zero-order valence-electron chi connectivity index (χ0n) is 16.2. The summed E-state index contributed by atoms with van der Waals surface area (Å²) >= 11 is 0. The quantitative estimate of drug-likeness (QED) is 0.782. The number of anilines is 1. The van der Waals surface area contributed by atoms with Gasteiger partial charge >= 0.3 is 0 Å². The topological polar surface area (TPSA) is 112 Å². The number of benzene rings is 1. The van der Waals surface area contributed by atoms with Crippen molar-refractivity contribution in [1.29, 1.82) is 0 Å². The summed E-state index contributed by atoms with van der Waals surface area (Å²) in [5, 5.41) is 7.30. The number of amides is 1. The number of carbonyl (C=O) groups excluding carboxylic acids is 1. The Morgan fingerprint density at radius 3 is 2.86 bits per heavy atom. The van der Waals surface area contributed by atoms with Crippen LogP contribution in [0.15, 0.2) is 29.7 Å². The SMILES string of the molecule is COc1ccc2c(c1)/C(=N\OC[C@@H]1CNC(=O)C1)C(C)(C)c1c(N)ncnc1-2. The summed E-state index contributed by atoms with van der Waals surface area (Å²) in [7, 11) is 1.63. The maximum absolute atomic E-state index is 11.4. The highest BCUT2D eigenvalue weighted by atomic mass is 16.6. The molecule has 3 N–H and O–H groups in total. The number of fused-ring (bicyclic) bond motifs is 3. The molecule has 1 aromatic heterocycles. The third-order valence-corrected chi connectivity index (χ3v) is 5.36. The standard InChI is InChI=1S/C20H23N5O3/c1-20(2)16-17(23-10-24-19(16)21)13-5-4-12(27-3)7-14(13)18(20)25-28-9-11-6-15(26)22-8-11/h4-5,7,10-11H,6,8-9H2,1-3H3,(H,22,26)(H2,21,23,24)/b25-18+/t11-/m0/s1. The van der Waals surface area contributed by atoms with Gasteiger partial charge in [-0.1, -0.05) is 5.16 Å². The van der Waals surface area contributed by atoms with Crippen LogP contribution in [0, 0.1) is 5.92 Å². The van der Waals surface area contributed by atoms with Gasteiger partial charge in [0.25, 0.3) is 0 Å². The number of nitrogens with two attached hydrogens (primary N) is 1. The highest BCUT2D eigenvalue weighted by Crippen LogP contribution is 2.45. The minimum absolute atomic E-state index is 0.0492. The van der Waals surface area contributed by atoms with Crippen molar-refractivity contribution >= 4 is 17.4 Å². The van der Waals surface area contributed by atoms with Crippen molar-refractivity contribution in [2.24, 2.45) is 11.1 Å². The number of carbonyl (C=O) groups is 1. The smallest absolute Gasteiger partial charge is 0.220 e. The Balaban J connectivity index is 1.78. The first-order valence-electron chi connectivity index (χ1n) is 9.18. The van der Waals surface area contributed by atoms with E-state index >= 15 is 0 Å². The van der Waals surface area contributed by atoms with Gasteiger partial charge in [0, 0.05) is 41.0 Å². The van der Waals surface area contributed by atoms with Crippen LogP contribution in [0.1, 0.15) is 31.4 Å². The highest BCUT2D eigenvalue weighted by molar-refractivity contribution is 6.15. The van der Waals surface area contributed by atoms with Crippen LogP contribution in [-0.4, -0.2) is 41.8 Å². The lowest BCUT2D eigenvalue weighted by atomic mass is 9.70. The first-order valence-corrected chi connectivity index (χ1v) is 9.18. The molecule has 1 atom stereocenters. The predicted molar refractivity (Wildman–Crippen MR) is 105 cm³/mol. The zero-order valence-corrected chi connectivity index (χ0v) is 16.2. The highest BCUT2D eigenvalue weighted by Gasteiger charge is 2.41. The van der Waals surface area contributed by atoms with Gasteiger partial charge in [0.1, 0.15) is 24.5 Å². The second kappa shape index (κ2) is 6.78. The van der Waals surface area contributed by atoms with E-state index < -0.39 is 5.41 Å². The third kappa shape index (κ3) is 2.94. The maximum atomic E-state index is 11.4. The number of rotatable bonds is 4. The molecular weight excluding hydrogens is 358 g/mol. The average molecular weight is 381 g/mol. The molecule has 8 heteroatoms. The molecule has 0 spiro atoms. The van der Waals surface area contributed by atoms with Crippen LogP contribution in [0.5, 0.6) is 5.75 Å². The number of nitrogens with zero attached hydrogens (tertiary/aromatic N) is 3. The molecule has 2 heterocycles. The molecule has 1 saturated heterocycles. The number of oxime groups is 1. The van der Waals surface area contributed by atoms with Crippen molar-refractivity contribution in [1.82, 2.24) is 15.3 Å². The summed E-state index contributed by atoms with van der Waals surface area (Å²) in [6.07, 6.45) is 1.93. The fourth-order valence-corrected chi connectivity index (χ4v) is 3.88. The van der Waals surface area contributed by atoms with Gasteiger partial charge in [-0.25, -0.2) is 9.97 Å². The van der Waals surface area contributed by atoms with E-state index in [1.54, 1.807) is 7.11 Å². The van der Waals surface area contributed by atoms with Crippen molar-refractivity contribution in [3.05, 3.63) is 35.7 Å². The molecule has 146 valence electrons. The molecule has 0 bridgehead atoms. The van der Waals surface area contributed by atoms with Crippen molar-refractivity contribution in [2.45, 2.75) is 25.7 Å². The lowest BCUT2D eigenvalue weighted by molar-refractivity contribution is -0.119. The number of ether oxygens (including phenoxy) is 1. The lowest BCUT2D eigenvalue weighted by Gasteiger charge is -2.34. The molecule has 1 amide bonds. The third-order valence-electron chi connectivity index (χ3n) is 5.36. The minimum Gasteiger partial charge on any atom is -0.497 e. The molecule has 1 aromatic carbocycles. The van der Waals surface area contributed by atoms with Crippen LogP contribution in [0.3, 0.4) is 0 Å². The first-order chi connectivity index (χ1) is 13.4. The zero-order chi connectivity index (χ0) is 19.9.